The van der Waals surface area contributed by atoms with Gasteiger partial charge in [0.2, 0.25) is 15.9 Å². The van der Waals surface area contributed by atoms with Crippen LogP contribution in [-0.4, -0.2) is 45.1 Å². The summed E-state index contributed by atoms with van der Waals surface area (Å²) in [4.78, 5) is 12.7. The fourth-order valence-corrected chi connectivity index (χ4v) is 4.68. The topological polar surface area (TPSA) is 75.7 Å². The summed E-state index contributed by atoms with van der Waals surface area (Å²) in [6.45, 7) is 0.852. The van der Waals surface area contributed by atoms with E-state index in [0.717, 1.165) is 25.0 Å². The van der Waals surface area contributed by atoms with E-state index in [0.29, 0.717) is 25.9 Å². The summed E-state index contributed by atoms with van der Waals surface area (Å²) < 4.78 is 29.9. The number of methoxy groups -OCH3 is 1. The lowest BCUT2D eigenvalue weighted by Gasteiger charge is -2.32. The van der Waals surface area contributed by atoms with Crippen molar-refractivity contribution in [3.8, 4) is 5.75 Å². The standard InChI is InChI=1S/C18H26N2O4S/c1-24-15-6-7-16-14(12-15)4-3-5-17(16)19-18(21)13-8-10-20(11-9-13)25(2,22)23/h6-7,12-13,17H,3-5,8-11H2,1-2H3,(H,19,21). The Labute approximate surface area is 149 Å². The second kappa shape index (κ2) is 7.33. The Hall–Kier alpha value is -1.60. The molecule has 1 aromatic rings. The molecule has 0 radical (unpaired) electrons. The Morgan fingerprint density at radius 1 is 1.24 bits per heavy atom. The minimum Gasteiger partial charge on any atom is -0.497 e. The normalized spacial score (nSPS) is 22.2. The smallest absolute Gasteiger partial charge is 0.223 e. The first-order valence-corrected chi connectivity index (χ1v) is 10.7. The number of aryl methyl sites for hydroxylation is 1. The summed E-state index contributed by atoms with van der Waals surface area (Å²) in [5.41, 5.74) is 2.41. The van der Waals surface area contributed by atoms with Crippen molar-refractivity contribution < 1.29 is 17.9 Å². The molecule has 0 bridgehead atoms. The van der Waals surface area contributed by atoms with Crippen molar-refractivity contribution in [3.63, 3.8) is 0 Å². The summed E-state index contributed by atoms with van der Waals surface area (Å²) in [5, 5.41) is 3.19. The molecule has 1 aliphatic carbocycles. The number of fused-ring (bicyclic) bond motifs is 1. The van der Waals surface area contributed by atoms with Crippen LogP contribution in [0.2, 0.25) is 0 Å². The SMILES string of the molecule is COc1ccc2c(c1)CCCC2NC(=O)C1CCN(S(C)(=O)=O)CC1. The first-order valence-electron chi connectivity index (χ1n) is 8.81. The summed E-state index contributed by atoms with van der Waals surface area (Å²) in [7, 11) is -1.50. The van der Waals surface area contributed by atoms with Crippen molar-refractivity contribution in [2.24, 2.45) is 5.92 Å². The van der Waals surface area contributed by atoms with Gasteiger partial charge in [0.05, 0.1) is 19.4 Å². The van der Waals surface area contributed by atoms with Crippen LogP contribution in [0.1, 0.15) is 42.9 Å². The van der Waals surface area contributed by atoms with Gasteiger partial charge in [-0.3, -0.25) is 4.79 Å². The molecule has 0 spiro atoms. The second-order valence-electron chi connectivity index (χ2n) is 6.95. The van der Waals surface area contributed by atoms with Crippen LogP contribution in [0.5, 0.6) is 5.75 Å². The molecule has 1 saturated heterocycles. The van der Waals surface area contributed by atoms with Gasteiger partial charge in [0.15, 0.2) is 0 Å². The monoisotopic (exact) mass is 366 g/mol. The average molecular weight is 366 g/mol. The lowest BCUT2D eigenvalue weighted by atomic mass is 9.86. The second-order valence-corrected chi connectivity index (χ2v) is 8.94. The van der Waals surface area contributed by atoms with Crippen LogP contribution in [0, 0.1) is 5.92 Å². The zero-order chi connectivity index (χ0) is 18.0. The number of hydrogen-bond acceptors (Lipinski definition) is 4. The molecule has 2 aliphatic rings. The molecule has 1 unspecified atom stereocenters. The van der Waals surface area contributed by atoms with E-state index in [-0.39, 0.29) is 17.9 Å². The number of hydrogen-bond donors (Lipinski definition) is 1. The van der Waals surface area contributed by atoms with Crippen molar-refractivity contribution in [1.29, 1.82) is 0 Å². The van der Waals surface area contributed by atoms with Crippen LogP contribution in [0.25, 0.3) is 0 Å². The number of carbonyl (C=O) groups is 1. The highest BCUT2D eigenvalue weighted by molar-refractivity contribution is 7.88. The maximum atomic E-state index is 12.7. The summed E-state index contributed by atoms with van der Waals surface area (Å²) in [6.07, 6.45) is 5.37. The number of nitrogens with zero attached hydrogens (tertiary/aromatic N) is 1. The molecule has 1 N–H and O–H groups in total. The van der Waals surface area contributed by atoms with E-state index >= 15 is 0 Å². The summed E-state index contributed by atoms with van der Waals surface area (Å²) in [5.74, 6) is 0.780. The highest BCUT2D eigenvalue weighted by Crippen LogP contribution is 2.32. The van der Waals surface area contributed by atoms with Crippen LogP contribution >= 0.6 is 0 Å². The van der Waals surface area contributed by atoms with E-state index in [2.05, 4.69) is 11.4 Å². The fourth-order valence-electron chi connectivity index (χ4n) is 3.81. The number of amides is 1. The Balaban J connectivity index is 1.63. The third-order valence-electron chi connectivity index (χ3n) is 5.27. The van der Waals surface area contributed by atoms with E-state index in [9.17, 15) is 13.2 Å². The number of piperidine rings is 1. The van der Waals surface area contributed by atoms with Crippen LogP contribution in [0.4, 0.5) is 0 Å². The van der Waals surface area contributed by atoms with Crippen molar-refractivity contribution in [1.82, 2.24) is 9.62 Å². The Morgan fingerprint density at radius 2 is 1.96 bits per heavy atom. The third kappa shape index (κ3) is 4.15. The van der Waals surface area contributed by atoms with Gasteiger partial charge in [0, 0.05) is 19.0 Å². The molecular weight excluding hydrogens is 340 g/mol. The predicted molar refractivity (Wildman–Crippen MR) is 96.0 cm³/mol. The molecule has 7 heteroatoms. The van der Waals surface area contributed by atoms with Crippen LogP contribution in [-0.2, 0) is 21.2 Å². The molecule has 138 valence electrons. The van der Waals surface area contributed by atoms with Gasteiger partial charge in [-0.2, -0.15) is 0 Å². The molecule has 1 aromatic carbocycles. The number of rotatable bonds is 4. The minimum atomic E-state index is -3.16. The minimum absolute atomic E-state index is 0.0371. The largest absolute Gasteiger partial charge is 0.497 e. The first-order chi connectivity index (χ1) is 11.9. The summed E-state index contributed by atoms with van der Waals surface area (Å²) >= 11 is 0. The third-order valence-corrected chi connectivity index (χ3v) is 6.58. The molecule has 1 aliphatic heterocycles. The van der Waals surface area contributed by atoms with E-state index in [1.807, 2.05) is 12.1 Å². The predicted octanol–water partition coefficient (Wildman–Crippen LogP) is 1.86. The Bertz CT molecular complexity index is 739. The van der Waals surface area contributed by atoms with Gasteiger partial charge in [-0.1, -0.05) is 6.07 Å². The van der Waals surface area contributed by atoms with Gasteiger partial charge in [-0.15, -0.1) is 0 Å². The molecule has 6 nitrogen and oxygen atoms in total. The van der Waals surface area contributed by atoms with Crippen LogP contribution in [0.3, 0.4) is 0 Å². The van der Waals surface area contributed by atoms with Crippen LogP contribution < -0.4 is 10.1 Å². The highest BCUT2D eigenvalue weighted by atomic mass is 32.2. The molecule has 0 aromatic heterocycles. The molecule has 25 heavy (non-hydrogen) atoms. The Morgan fingerprint density at radius 3 is 2.60 bits per heavy atom. The van der Waals surface area contributed by atoms with Crippen LogP contribution in [0.15, 0.2) is 18.2 Å². The van der Waals surface area contributed by atoms with Gasteiger partial charge < -0.3 is 10.1 Å². The Kier molecular flexibility index (Phi) is 5.34. The molecule has 1 heterocycles. The molecule has 1 atom stereocenters. The van der Waals surface area contributed by atoms with E-state index in [1.165, 1.54) is 21.7 Å². The number of nitrogens with one attached hydrogen (secondary N) is 1. The van der Waals surface area contributed by atoms with E-state index < -0.39 is 10.0 Å². The molecule has 1 amide bonds. The quantitative estimate of drug-likeness (QED) is 0.882. The van der Waals surface area contributed by atoms with Gasteiger partial charge in [-0.25, -0.2) is 12.7 Å². The molecular formula is C18H26N2O4S. The first kappa shape index (κ1) is 18.2. The maximum Gasteiger partial charge on any atom is 0.223 e. The van der Waals surface area contributed by atoms with Crippen molar-refractivity contribution in [3.05, 3.63) is 29.3 Å². The van der Waals surface area contributed by atoms with Gasteiger partial charge in [0.25, 0.3) is 0 Å². The van der Waals surface area contributed by atoms with E-state index in [1.54, 1.807) is 7.11 Å². The van der Waals surface area contributed by atoms with Crippen molar-refractivity contribution in [2.75, 3.05) is 26.5 Å². The number of ether oxygens (including phenoxy) is 1. The molecule has 0 saturated carbocycles. The van der Waals surface area contributed by atoms with Crippen molar-refractivity contribution in [2.45, 2.75) is 38.1 Å². The average Bonchev–Trinajstić information content (AvgIpc) is 2.60. The molecule has 1 fully saturated rings. The van der Waals surface area contributed by atoms with E-state index in [4.69, 9.17) is 4.74 Å². The van der Waals surface area contributed by atoms with Crippen molar-refractivity contribution >= 4 is 15.9 Å². The summed E-state index contributed by atoms with van der Waals surface area (Å²) in [6, 6.07) is 6.08. The zero-order valence-electron chi connectivity index (χ0n) is 14.8. The maximum absolute atomic E-state index is 12.7. The number of sulfonamides is 1. The lowest BCUT2D eigenvalue weighted by molar-refractivity contribution is -0.127. The van der Waals surface area contributed by atoms with Gasteiger partial charge in [0.1, 0.15) is 5.75 Å². The lowest BCUT2D eigenvalue weighted by Crippen LogP contribution is -2.43. The number of carbonyl (C=O) groups excluding carboxylic acids is 1. The van der Waals surface area contributed by atoms with Gasteiger partial charge >= 0.3 is 0 Å². The zero-order valence-corrected chi connectivity index (χ0v) is 15.6. The highest BCUT2D eigenvalue weighted by Gasteiger charge is 2.31. The number of benzene rings is 1. The molecule has 3 rings (SSSR count). The fraction of sp³-hybridized carbons (Fsp3) is 0.611. The van der Waals surface area contributed by atoms with Gasteiger partial charge in [-0.05, 0) is 55.4 Å².